The van der Waals surface area contributed by atoms with E-state index in [4.69, 9.17) is 9.47 Å². The summed E-state index contributed by atoms with van der Waals surface area (Å²) in [6, 6.07) is 9.55. The van der Waals surface area contributed by atoms with Gasteiger partial charge in [-0.1, -0.05) is 19.9 Å². The average molecular weight is 396 g/mol. The number of H-pyrrole nitrogens is 1. The van der Waals surface area contributed by atoms with Gasteiger partial charge >= 0.3 is 0 Å². The number of amides is 1. The predicted molar refractivity (Wildman–Crippen MR) is 105 cm³/mol. The lowest BCUT2D eigenvalue weighted by molar-refractivity contribution is -0.384. The van der Waals surface area contributed by atoms with Crippen LogP contribution in [-0.2, 0) is 0 Å². The number of hydrogen-bond acceptors (Lipinski definition) is 6. The molecule has 0 bridgehead atoms. The minimum absolute atomic E-state index is 0.0843. The van der Waals surface area contributed by atoms with Crippen molar-refractivity contribution in [1.29, 1.82) is 0 Å². The summed E-state index contributed by atoms with van der Waals surface area (Å²) in [4.78, 5) is 23.5. The van der Waals surface area contributed by atoms with Gasteiger partial charge < -0.3 is 14.8 Å². The van der Waals surface area contributed by atoms with Gasteiger partial charge in [0.05, 0.1) is 16.5 Å². The van der Waals surface area contributed by atoms with E-state index in [1.54, 1.807) is 0 Å². The van der Waals surface area contributed by atoms with Gasteiger partial charge in [-0.05, 0) is 29.7 Å². The van der Waals surface area contributed by atoms with Gasteiger partial charge in [-0.2, -0.15) is 5.10 Å². The summed E-state index contributed by atoms with van der Waals surface area (Å²) in [6.45, 7) is 4.98. The maximum Gasteiger partial charge on any atom is 0.272 e. The van der Waals surface area contributed by atoms with Gasteiger partial charge in [0, 0.05) is 17.5 Å². The molecule has 9 heteroatoms. The molecule has 1 aliphatic rings. The Labute approximate surface area is 166 Å². The second-order valence-corrected chi connectivity index (χ2v) is 7.16. The average Bonchev–Trinajstić information content (AvgIpc) is 3.14. The molecule has 0 unspecified atom stereocenters. The molecule has 0 aliphatic carbocycles. The topological polar surface area (TPSA) is 119 Å². The fourth-order valence-corrected chi connectivity index (χ4v) is 3.39. The first-order chi connectivity index (χ1) is 13.9. The third-order valence-electron chi connectivity index (χ3n) is 4.85. The smallest absolute Gasteiger partial charge is 0.272 e. The third-order valence-corrected chi connectivity index (χ3v) is 4.85. The minimum atomic E-state index is -0.500. The summed E-state index contributed by atoms with van der Waals surface area (Å²) in [5, 5.41) is 21.3. The second-order valence-electron chi connectivity index (χ2n) is 7.16. The number of aromatic nitrogens is 2. The van der Waals surface area contributed by atoms with Crippen molar-refractivity contribution in [3.05, 3.63) is 57.8 Å². The zero-order valence-electron chi connectivity index (χ0n) is 16.0. The molecule has 3 aromatic rings. The lowest BCUT2D eigenvalue weighted by Gasteiger charge is -2.25. The van der Waals surface area contributed by atoms with E-state index in [9.17, 15) is 14.9 Å². The summed E-state index contributed by atoms with van der Waals surface area (Å²) >= 11 is 0. The number of rotatable bonds is 5. The number of hydrogen-bond donors (Lipinski definition) is 2. The SMILES string of the molecule is CC(C)[C@@H](NC(=O)c1n[nH]c2ccc([N+](=O)[O-])cc12)c1ccc2c(c1)OCCO2. The van der Waals surface area contributed by atoms with Crippen LogP contribution in [0.5, 0.6) is 11.5 Å². The van der Waals surface area contributed by atoms with Crippen LogP contribution in [0.4, 0.5) is 5.69 Å². The summed E-state index contributed by atoms with van der Waals surface area (Å²) in [7, 11) is 0. The van der Waals surface area contributed by atoms with Crippen LogP contribution in [0.2, 0.25) is 0 Å². The van der Waals surface area contributed by atoms with Crippen LogP contribution in [0.3, 0.4) is 0 Å². The van der Waals surface area contributed by atoms with Gasteiger partial charge in [-0.25, -0.2) is 0 Å². The Balaban J connectivity index is 1.64. The van der Waals surface area contributed by atoms with Crippen molar-refractivity contribution >= 4 is 22.5 Å². The van der Waals surface area contributed by atoms with Crippen LogP contribution >= 0.6 is 0 Å². The fraction of sp³-hybridized carbons (Fsp3) is 0.300. The van der Waals surface area contributed by atoms with Crippen molar-refractivity contribution < 1.29 is 19.2 Å². The number of non-ortho nitro benzene ring substituents is 1. The van der Waals surface area contributed by atoms with Gasteiger partial charge in [0.2, 0.25) is 0 Å². The van der Waals surface area contributed by atoms with Crippen LogP contribution in [0.25, 0.3) is 10.9 Å². The number of nitrogens with zero attached hydrogens (tertiary/aromatic N) is 2. The van der Waals surface area contributed by atoms with Gasteiger partial charge in [0.1, 0.15) is 13.2 Å². The molecule has 9 nitrogen and oxygen atoms in total. The molecular formula is C20H20N4O5. The van der Waals surface area contributed by atoms with Crippen LogP contribution in [0.15, 0.2) is 36.4 Å². The van der Waals surface area contributed by atoms with Crippen LogP contribution < -0.4 is 14.8 Å². The summed E-state index contributed by atoms with van der Waals surface area (Å²) in [5.41, 5.74) is 1.46. The first kappa shape index (κ1) is 18.7. The van der Waals surface area contributed by atoms with E-state index in [1.807, 2.05) is 32.0 Å². The number of nitro benzene ring substituents is 1. The molecule has 4 rings (SSSR count). The van der Waals surface area contributed by atoms with Crippen molar-refractivity contribution in [3.8, 4) is 11.5 Å². The van der Waals surface area contributed by atoms with E-state index >= 15 is 0 Å². The number of ether oxygens (including phenoxy) is 2. The zero-order valence-corrected chi connectivity index (χ0v) is 16.0. The van der Waals surface area contributed by atoms with Crippen molar-refractivity contribution in [2.75, 3.05) is 13.2 Å². The highest BCUT2D eigenvalue weighted by Crippen LogP contribution is 2.34. The fourth-order valence-electron chi connectivity index (χ4n) is 3.39. The number of nitrogens with one attached hydrogen (secondary N) is 2. The molecule has 1 atom stereocenters. The lowest BCUT2D eigenvalue weighted by Crippen LogP contribution is -2.32. The van der Waals surface area contributed by atoms with Crippen molar-refractivity contribution in [2.24, 2.45) is 5.92 Å². The number of carbonyl (C=O) groups excluding carboxylic acids is 1. The maximum atomic E-state index is 13.0. The molecule has 0 saturated heterocycles. The zero-order chi connectivity index (χ0) is 20.5. The molecule has 1 aliphatic heterocycles. The summed E-state index contributed by atoms with van der Waals surface area (Å²) < 4.78 is 11.2. The van der Waals surface area contributed by atoms with Gasteiger partial charge in [-0.3, -0.25) is 20.0 Å². The van der Waals surface area contributed by atoms with E-state index in [2.05, 4.69) is 15.5 Å². The highest BCUT2D eigenvalue weighted by Gasteiger charge is 2.24. The lowest BCUT2D eigenvalue weighted by atomic mass is 9.95. The minimum Gasteiger partial charge on any atom is -0.486 e. The molecule has 0 spiro atoms. The molecular weight excluding hydrogens is 376 g/mol. The Hall–Kier alpha value is -3.62. The number of benzene rings is 2. The monoisotopic (exact) mass is 396 g/mol. The Morgan fingerprint density at radius 1 is 1.17 bits per heavy atom. The normalized spacial score (nSPS) is 14.0. The largest absolute Gasteiger partial charge is 0.486 e. The number of fused-ring (bicyclic) bond motifs is 2. The van der Waals surface area contributed by atoms with E-state index in [1.165, 1.54) is 18.2 Å². The molecule has 2 aromatic carbocycles. The van der Waals surface area contributed by atoms with Crippen molar-refractivity contribution in [3.63, 3.8) is 0 Å². The summed E-state index contributed by atoms with van der Waals surface area (Å²) in [6.07, 6.45) is 0. The number of aromatic amines is 1. The Morgan fingerprint density at radius 3 is 2.66 bits per heavy atom. The second kappa shape index (κ2) is 7.42. The van der Waals surface area contributed by atoms with E-state index in [0.717, 1.165) is 5.56 Å². The number of nitro groups is 1. The van der Waals surface area contributed by atoms with Gasteiger partial charge in [0.25, 0.3) is 11.6 Å². The predicted octanol–water partition coefficient (Wildman–Crippen LogP) is 3.37. The van der Waals surface area contributed by atoms with Crippen LogP contribution in [0, 0.1) is 16.0 Å². The molecule has 2 N–H and O–H groups in total. The Kier molecular flexibility index (Phi) is 4.79. The van der Waals surface area contributed by atoms with Crippen molar-refractivity contribution in [1.82, 2.24) is 15.5 Å². The number of carbonyl (C=O) groups is 1. The standard InChI is InChI=1S/C20H20N4O5/c1-11(2)18(12-3-6-16-17(9-12)29-8-7-28-16)21-20(25)19-14-10-13(24(26)27)4-5-15(14)22-23-19/h3-6,9-11,18H,7-8H2,1-2H3,(H,21,25)(H,22,23)/t18-/m1/s1. The first-order valence-corrected chi connectivity index (χ1v) is 9.27. The molecule has 0 fully saturated rings. The molecule has 29 heavy (non-hydrogen) atoms. The Morgan fingerprint density at radius 2 is 1.93 bits per heavy atom. The molecule has 0 radical (unpaired) electrons. The summed E-state index contributed by atoms with van der Waals surface area (Å²) in [5.74, 6) is 1.00. The highest BCUT2D eigenvalue weighted by atomic mass is 16.6. The third kappa shape index (κ3) is 3.58. The molecule has 1 aromatic heterocycles. The quantitative estimate of drug-likeness (QED) is 0.504. The van der Waals surface area contributed by atoms with Crippen LogP contribution in [-0.4, -0.2) is 34.2 Å². The molecule has 150 valence electrons. The molecule has 2 heterocycles. The van der Waals surface area contributed by atoms with E-state index in [0.29, 0.717) is 35.6 Å². The molecule has 0 saturated carbocycles. The van der Waals surface area contributed by atoms with E-state index < -0.39 is 10.8 Å². The maximum absolute atomic E-state index is 13.0. The first-order valence-electron chi connectivity index (χ1n) is 9.27. The Bertz CT molecular complexity index is 1090. The molecule has 1 amide bonds. The van der Waals surface area contributed by atoms with E-state index in [-0.39, 0.29) is 23.3 Å². The van der Waals surface area contributed by atoms with Gasteiger partial charge in [-0.15, -0.1) is 0 Å². The van der Waals surface area contributed by atoms with Crippen molar-refractivity contribution in [2.45, 2.75) is 19.9 Å². The highest BCUT2D eigenvalue weighted by molar-refractivity contribution is 6.05. The van der Waals surface area contributed by atoms with Crippen LogP contribution in [0.1, 0.15) is 35.9 Å². The van der Waals surface area contributed by atoms with Gasteiger partial charge in [0.15, 0.2) is 17.2 Å².